The zero-order valence-electron chi connectivity index (χ0n) is 26.8. The number of hydrogen-bond donors (Lipinski definition) is 7. The maximum atomic E-state index is 14.0. The van der Waals surface area contributed by atoms with Gasteiger partial charge < -0.3 is 47.9 Å². The number of phenols is 1. The number of nitrogens with two attached hydrogens (primary N) is 4. The summed E-state index contributed by atoms with van der Waals surface area (Å²) in [5.74, 6) is -0.635. The summed E-state index contributed by atoms with van der Waals surface area (Å²) in [6.45, 7) is 4.24. The van der Waals surface area contributed by atoms with Crippen molar-refractivity contribution in [2.24, 2.45) is 27.9 Å². The van der Waals surface area contributed by atoms with Crippen molar-refractivity contribution in [3.05, 3.63) is 76.4 Å². The van der Waals surface area contributed by atoms with Crippen molar-refractivity contribution in [1.29, 1.82) is 0 Å². The lowest BCUT2D eigenvalue weighted by Crippen LogP contribution is -2.52. The van der Waals surface area contributed by atoms with Gasteiger partial charge in [-0.2, -0.15) is 4.98 Å². The van der Waals surface area contributed by atoms with E-state index < -0.39 is 36.1 Å². The normalized spacial score (nSPS) is 12.8. The van der Waals surface area contributed by atoms with Gasteiger partial charge in [0.1, 0.15) is 17.8 Å². The first-order valence-electron chi connectivity index (χ1n) is 15.4. The topological polar surface area (TPSA) is 260 Å². The molecule has 3 rings (SSSR count). The van der Waals surface area contributed by atoms with Crippen molar-refractivity contribution in [1.82, 2.24) is 20.8 Å². The average molecular weight is 652 g/mol. The molecule has 0 aliphatic heterocycles. The van der Waals surface area contributed by atoms with Crippen molar-refractivity contribution in [2.45, 2.75) is 77.0 Å². The van der Waals surface area contributed by atoms with Crippen LogP contribution < -0.4 is 33.6 Å². The SMILES string of the molecule is Cc1cc(O)cc(C)c1CC(NC(=O)C(CCCN=C(N)N)OC(N)=O)C(=O)N[C@H](CCCCN)c1nc(Cc2ccccc2)no1. The Morgan fingerprint density at radius 1 is 0.979 bits per heavy atom. The molecule has 0 saturated heterocycles. The standard InChI is InChI=1S/C32H45N9O6/c1-19-15-22(42)16-20(2)23(19)18-25(39-29(44)26(46-32(36)45)12-8-14-37-31(34)35)28(43)38-24(11-6-7-13-33)30-40-27(41-47-30)17-21-9-4-3-5-10-21/h3-5,9-10,15-16,24-26,42H,6-8,11-14,17-18,33H2,1-2H3,(H2,36,45)(H,38,43)(H,39,44)(H4,34,35,37)/t24-,25?,26?/m1/s1. The third kappa shape index (κ3) is 11.9. The third-order valence-electron chi connectivity index (χ3n) is 7.44. The van der Waals surface area contributed by atoms with Gasteiger partial charge in [-0.1, -0.05) is 35.5 Å². The zero-order chi connectivity index (χ0) is 34.3. The molecule has 1 heterocycles. The lowest BCUT2D eigenvalue weighted by atomic mass is 9.95. The van der Waals surface area contributed by atoms with Crippen molar-refractivity contribution in [3.8, 4) is 5.75 Å². The molecular weight excluding hydrogens is 606 g/mol. The number of hydrogen-bond acceptors (Lipinski definition) is 10. The van der Waals surface area contributed by atoms with Gasteiger partial charge in [-0.05, 0) is 86.9 Å². The Morgan fingerprint density at radius 3 is 2.32 bits per heavy atom. The van der Waals surface area contributed by atoms with E-state index in [1.165, 1.54) is 0 Å². The van der Waals surface area contributed by atoms with E-state index >= 15 is 0 Å². The highest BCUT2D eigenvalue weighted by molar-refractivity contribution is 5.90. The number of carbonyl (C=O) groups excluding carboxylic acids is 3. The van der Waals surface area contributed by atoms with Gasteiger partial charge >= 0.3 is 6.09 Å². The molecule has 0 spiro atoms. The average Bonchev–Trinajstić information content (AvgIpc) is 3.47. The highest BCUT2D eigenvalue weighted by atomic mass is 16.6. The number of primary amides is 1. The number of guanidine groups is 1. The summed E-state index contributed by atoms with van der Waals surface area (Å²) in [6.07, 6.45) is 0.197. The first-order valence-corrected chi connectivity index (χ1v) is 15.4. The van der Waals surface area contributed by atoms with Gasteiger partial charge in [0.05, 0.1) is 0 Å². The first-order chi connectivity index (χ1) is 22.5. The maximum absolute atomic E-state index is 14.0. The molecule has 47 heavy (non-hydrogen) atoms. The number of amides is 3. The minimum absolute atomic E-state index is 0.0467. The molecule has 3 atom stereocenters. The van der Waals surface area contributed by atoms with E-state index in [9.17, 15) is 19.5 Å². The molecule has 15 heteroatoms. The lowest BCUT2D eigenvalue weighted by molar-refractivity contribution is -0.134. The largest absolute Gasteiger partial charge is 0.508 e. The highest BCUT2D eigenvalue weighted by Crippen LogP contribution is 2.24. The number of aromatic hydroxyl groups is 1. The molecule has 2 unspecified atom stereocenters. The van der Waals surface area contributed by atoms with Crippen LogP contribution in [0.15, 0.2) is 52.0 Å². The number of rotatable bonds is 18. The van der Waals surface area contributed by atoms with E-state index in [1.807, 2.05) is 30.3 Å². The Hall–Kier alpha value is -5.18. The predicted molar refractivity (Wildman–Crippen MR) is 175 cm³/mol. The number of nitrogens with zero attached hydrogens (tertiary/aromatic N) is 3. The van der Waals surface area contributed by atoms with Crippen LogP contribution in [0.2, 0.25) is 0 Å². The number of nitrogens with one attached hydrogen (secondary N) is 2. The number of phenolic OH excluding ortho intramolecular Hbond substituents is 1. The number of aromatic nitrogens is 2. The smallest absolute Gasteiger partial charge is 0.405 e. The van der Waals surface area contributed by atoms with E-state index in [4.69, 9.17) is 32.2 Å². The predicted octanol–water partition coefficient (Wildman–Crippen LogP) is 1.51. The van der Waals surface area contributed by atoms with Crippen LogP contribution in [0, 0.1) is 13.8 Å². The molecule has 3 aromatic rings. The van der Waals surface area contributed by atoms with Gasteiger partial charge in [0.25, 0.3) is 5.91 Å². The second kappa shape index (κ2) is 18.1. The second-order valence-corrected chi connectivity index (χ2v) is 11.3. The van der Waals surface area contributed by atoms with Gasteiger partial charge in [-0.15, -0.1) is 0 Å². The molecule has 2 aromatic carbocycles. The summed E-state index contributed by atoms with van der Waals surface area (Å²) in [4.78, 5) is 47.6. The summed E-state index contributed by atoms with van der Waals surface area (Å²) in [6, 6.07) is 11.0. The van der Waals surface area contributed by atoms with Gasteiger partial charge in [0.15, 0.2) is 17.9 Å². The Kier molecular flexibility index (Phi) is 14.0. The fraction of sp³-hybridized carbons (Fsp3) is 0.438. The zero-order valence-corrected chi connectivity index (χ0v) is 26.8. The van der Waals surface area contributed by atoms with Crippen LogP contribution in [0.3, 0.4) is 0 Å². The first kappa shape index (κ1) is 36.3. The fourth-order valence-electron chi connectivity index (χ4n) is 5.12. The van der Waals surface area contributed by atoms with E-state index in [0.29, 0.717) is 44.5 Å². The quantitative estimate of drug-likeness (QED) is 0.0589. The molecular formula is C32H45N9O6. The van der Waals surface area contributed by atoms with Crippen molar-refractivity contribution in [2.75, 3.05) is 13.1 Å². The minimum atomic E-state index is -1.31. The molecule has 0 aliphatic rings. The number of carbonyl (C=O) groups is 3. The molecule has 15 nitrogen and oxygen atoms in total. The van der Waals surface area contributed by atoms with Crippen LogP contribution >= 0.6 is 0 Å². The molecule has 0 radical (unpaired) electrons. The van der Waals surface area contributed by atoms with Gasteiger partial charge in [0.2, 0.25) is 11.8 Å². The Bertz CT molecular complexity index is 1480. The molecule has 0 fully saturated rings. The van der Waals surface area contributed by atoms with Crippen LogP contribution in [0.5, 0.6) is 5.75 Å². The summed E-state index contributed by atoms with van der Waals surface area (Å²) < 4.78 is 10.7. The Balaban J connectivity index is 1.88. The summed E-state index contributed by atoms with van der Waals surface area (Å²) >= 11 is 0. The monoisotopic (exact) mass is 651 g/mol. The minimum Gasteiger partial charge on any atom is -0.508 e. The van der Waals surface area contributed by atoms with Crippen LogP contribution in [-0.4, -0.2) is 64.3 Å². The molecule has 254 valence electrons. The number of aliphatic imine (C=N–C) groups is 1. The number of benzene rings is 2. The molecule has 0 aliphatic carbocycles. The maximum Gasteiger partial charge on any atom is 0.405 e. The Labute approximate surface area is 273 Å². The van der Waals surface area contributed by atoms with Gasteiger partial charge in [0, 0.05) is 19.4 Å². The summed E-state index contributed by atoms with van der Waals surface area (Å²) in [5.41, 5.74) is 24.9. The number of ether oxygens (including phenoxy) is 1. The van der Waals surface area contributed by atoms with Gasteiger partial charge in [-0.3, -0.25) is 14.6 Å². The van der Waals surface area contributed by atoms with Crippen LogP contribution in [-0.2, 0) is 27.2 Å². The molecule has 1 aromatic heterocycles. The van der Waals surface area contributed by atoms with Crippen LogP contribution in [0.1, 0.15) is 72.1 Å². The van der Waals surface area contributed by atoms with Crippen molar-refractivity contribution in [3.63, 3.8) is 0 Å². The van der Waals surface area contributed by atoms with Gasteiger partial charge in [-0.25, -0.2) is 4.79 Å². The van der Waals surface area contributed by atoms with Crippen LogP contribution in [0.25, 0.3) is 0 Å². The second-order valence-electron chi connectivity index (χ2n) is 11.3. The molecule has 11 N–H and O–H groups in total. The lowest BCUT2D eigenvalue weighted by Gasteiger charge is -2.25. The fourth-order valence-corrected chi connectivity index (χ4v) is 5.12. The Morgan fingerprint density at radius 2 is 1.68 bits per heavy atom. The number of unbranched alkanes of at least 4 members (excludes halogenated alkanes) is 1. The van der Waals surface area contributed by atoms with Crippen molar-refractivity contribution >= 4 is 23.9 Å². The summed E-state index contributed by atoms with van der Waals surface area (Å²) in [7, 11) is 0. The molecule has 0 saturated carbocycles. The molecule has 0 bridgehead atoms. The summed E-state index contributed by atoms with van der Waals surface area (Å²) in [5, 5.41) is 19.9. The molecule has 3 amide bonds. The highest BCUT2D eigenvalue weighted by Gasteiger charge is 2.31. The third-order valence-corrected chi connectivity index (χ3v) is 7.44. The van der Waals surface area contributed by atoms with Crippen molar-refractivity contribution < 1.29 is 28.8 Å². The number of aryl methyl sites for hydroxylation is 2. The van der Waals surface area contributed by atoms with E-state index in [2.05, 4.69) is 25.8 Å². The van der Waals surface area contributed by atoms with Crippen LogP contribution in [0.4, 0.5) is 4.79 Å². The van der Waals surface area contributed by atoms with E-state index in [0.717, 1.165) is 22.3 Å². The van der Waals surface area contributed by atoms with E-state index in [1.54, 1.807) is 26.0 Å². The van der Waals surface area contributed by atoms with E-state index in [-0.39, 0.29) is 37.0 Å².